The number of rotatable bonds is 7. The standard InChI is InChI=1S/C13H19NO6S/c1-13(2,6-7-15)14-21(18,19)9-4-5-11(20-3)10(8-9)12(16)17/h4-5,8,14-15H,6-7H2,1-3H3,(H,16,17). The SMILES string of the molecule is COc1ccc(S(=O)(=O)NC(C)(C)CCO)cc1C(=O)O. The first-order chi connectivity index (χ1) is 9.63. The maximum Gasteiger partial charge on any atom is 0.339 e. The minimum absolute atomic E-state index is 0.0797. The van der Waals surface area contributed by atoms with E-state index in [1.54, 1.807) is 13.8 Å². The Kier molecular flexibility index (Phi) is 5.32. The van der Waals surface area contributed by atoms with Crippen LogP contribution in [-0.4, -0.2) is 43.9 Å². The summed E-state index contributed by atoms with van der Waals surface area (Å²) in [6, 6.07) is 3.60. The van der Waals surface area contributed by atoms with E-state index in [0.717, 1.165) is 6.07 Å². The number of aliphatic hydroxyl groups excluding tert-OH is 1. The molecular formula is C13H19NO6S. The Morgan fingerprint density at radius 3 is 2.48 bits per heavy atom. The number of carboxylic acid groups (broad SMARTS) is 1. The van der Waals surface area contributed by atoms with Crippen molar-refractivity contribution in [3.05, 3.63) is 23.8 Å². The summed E-state index contributed by atoms with van der Waals surface area (Å²) in [4.78, 5) is 10.9. The van der Waals surface area contributed by atoms with E-state index in [0.29, 0.717) is 0 Å². The molecule has 3 N–H and O–H groups in total. The van der Waals surface area contributed by atoms with Crippen LogP contribution in [0.15, 0.2) is 23.1 Å². The number of aromatic carboxylic acids is 1. The summed E-state index contributed by atoms with van der Waals surface area (Å²) >= 11 is 0. The van der Waals surface area contributed by atoms with Gasteiger partial charge in [-0.15, -0.1) is 0 Å². The second-order valence-electron chi connectivity index (χ2n) is 5.13. The van der Waals surface area contributed by atoms with Crippen molar-refractivity contribution in [3.8, 4) is 5.75 Å². The number of ether oxygens (including phenoxy) is 1. The number of methoxy groups -OCH3 is 1. The molecule has 0 atom stereocenters. The first-order valence-corrected chi connectivity index (χ1v) is 7.67. The summed E-state index contributed by atoms with van der Waals surface area (Å²) in [7, 11) is -2.60. The predicted octanol–water partition coefficient (Wildman–Crippen LogP) is 0.833. The van der Waals surface area contributed by atoms with Gasteiger partial charge in [-0.25, -0.2) is 17.9 Å². The number of nitrogens with one attached hydrogen (secondary N) is 1. The van der Waals surface area contributed by atoms with Crippen molar-refractivity contribution in [2.75, 3.05) is 13.7 Å². The molecule has 1 aromatic rings. The zero-order chi connectivity index (χ0) is 16.3. The fourth-order valence-corrected chi connectivity index (χ4v) is 3.24. The molecule has 0 spiro atoms. The van der Waals surface area contributed by atoms with E-state index in [9.17, 15) is 13.2 Å². The average molecular weight is 317 g/mol. The molecule has 8 heteroatoms. The summed E-state index contributed by atoms with van der Waals surface area (Å²) in [6.45, 7) is 3.09. The highest BCUT2D eigenvalue weighted by Crippen LogP contribution is 2.23. The van der Waals surface area contributed by atoms with Crippen molar-refractivity contribution in [3.63, 3.8) is 0 Å². The average Bonchev–Trinajstić information content (AvgIpc) is 2.36. The molecule has 1 aromatic carbocycles. The van der Waals surface area contributed by atoms with Gasteiger partial charge in [-0.05, 0) is 38.5 Å². The molecule has 0 saturated heterocycles. The second-order valence-corrected chi connectivity index (χ2v) is 6.81. The Bertz CT molecular complexity index is 624. The minimum atomic E-state index is -3.90. The molecule has 0 heterocycles. The van der Waals surface area contributed by atoms with Crippen LogP contribution in [0.5, 0.6) is 5.75 Å². The van der Waals surface area contributed by atoms with Gasteiger partial charge < -0.3 is 14.9 Å². The van der Waals surface area contributed by atoms with Crippen LogP contribution in [0, 0.1) is 0 Å². The number of benzene rings is 1. The lowest BCUT2D eigenvalue weighted by Crippen LogP contribution is -2.43. The van der Waals surface area contributed by atoms with E-state index in [2.05, 4.69) is 4.72 Å². The maximum atomic E-state index is 12.3. The Balaban J connectivity index is 3.21. The van der Waals surface area contributed by atoms with E-state index >= 15 is 0 Å². The summed E-state index contributed by atoms with van der Waals surface area (Å²) in [6.07, 6.45) is 0.230. The number of hydrogen-bond donors (Lipinski definition) is 3. The molecule has 21 heavy (non-hydrogen) atoms. The lowest BCUT2D eigenvalue weighted by atomic mass is 10.0. The molecule has 0 amide bonds. The lowest BCUT2D eigenvalue weighted by molar-refractivity contribution is 0.0693. The van der Waals surface area contributed by atoms with E-state index in [-0.39, 0.29) is 29.2 Å². The molecule has 1 rings (SSSR count). The summed E-state index contributed by atoms with van der Waals surface area (Å²) in [5.41, 5.74) is -1.09. The lowest BCUT2D eigenvalue weighted by Gasteiger charge is -2.25. The molecule has 0 fully saturated rings. The van der Waals surface area contributed by atoms with Crippen molar-refractivity contribution in [1.29, 1.82) is 0 Å². The molecule has 0 aliphatic rings. The van der Waals surface area contributed by atoms with Crippen LogP contribution in [0.4, 0.5) is 0 Å². The molecule has 0 unspecified atom stereocenters. The predicted molar refractivity (Wildman–Crippen MR) is 76.1 cm³/mol. The van der Waals surface area contributed by atoms with Crippen molar-refractivity contribution in [2.24, 2.45) is 0 Å². The Hall–Kier alpha value is -1.64. The summed E-state index contributed by atoms with van der Waals surface area (Å²) in [5.74, 6) is -1.20. The van der Waals surface area contributed by atoms with Crippen molar-refractivity contribution < 1.29 is 28.2 Å². The van der Waals surface area contributed by atoms with Gasteiger partial charge >= 0.3 is 5.97 Å². The molecule has 0 aliphatic carbocycles. The Morgan fingerprint density at radius 1 is 1.38 bits per heavy atom. The molecular weight excluding hydrogens is 298 g/mol. The molecule has 7 nitrogen and oxygen atoms in total. The van der Waals surface area contributed by atoms with Gasteiger partial charge in [0.1, 0.15) is 11.3 Å². The highest BCUT2D eigenvalue weighted by Gasteiger charge is 2.27. The zero-order valence-electron chi connectivity index (χ0n) is 12.1. The highest BCUT2D eigenvalue weighted by molar-refractivity contribution is 7.89. The largest absolute Gasteiger partial charge is 0.496 e. The number of aliphatic hydroxyl groups is 1. The summed E-state index contributed by atoms with van der Waals surface area (Å²) in [5, 5.41) is 18.0. The molecule has 0 aromatic heterocycles. The van der Waals surface area contributed by atoms with Gasteiger partial charge in [-0.3, -0.25) is 0 Å². The third kappa shape index (κ3) is 4.42. The van der Waals surface area contributed by atoms with Crippen molar-refractivity contribution in [2.45, 2.75) is 30.7 Å². The number of carboxylic acids is 1. The van der Waals surface area contributed by atoms with Crippen LogP contribution < -0.4 is 9.46 Å². The number of hydrogen-bond acceptors (Lipinski definition) is 5. The first kappa shape index (κ1) is 17.4. The topological polar surface area (TPSA) is 113 Å². The number of carbonyl (C=O) groups is 1. The fourth-order valence-electron chi connectivity index (χ4n) is 1.77. The maximum absolute atomic E-state index is 12.3. The second kappa shape index (κ2) is 6.42. The van der Waals surface area contributed by atoms with E-state index < -0.39 is 21.5 Å². The minimum Gasteiger partial charge on any atom is -0.496 e. The first-order valence-electron chi connectivity index (χ1n) is 6.19. The third-order valence-electron chi connectivity index (χ3n) is 2.86. The van der Waals surface area contributed by atoms with Gasteiger partial charge in [-0.1, -0.05) is 0 Å². The van der Waals surface area contributed by atoms with Gasteiger partial charge in [0.25, 0.3) is 0 Å². The molecule has 0 bridgehead atoms. The Labute approximate surface area is 123 Å². The van der Waals surface area contributed by atoms with Crippen LogP contribution in [0.2, 0.25) is 0 Å². The van der Waals surface area contributed by atoms with Crippen LogP contribution in [0.25, 0.3) is 0 Å². The fraction of sp³-hybridized carbons (Fsp3) is 0.462. The van der Waals surface area contributed by atoms with Gasteiger partial charge in [0, 0.05) is 12.1 Å². The molecule has 0 saturated carbocycles. The highest BCUT2D eigenvalue weighted by atomic mass is 32.2. The van der Waals surface area contributed by atoms with Gasteiger partial charge in [0.05, 0.1) is 12.0 Å². The summed E-state index contributed by atoms with van der Waals surface area (Å²) < 4.78 is 31.9. The van der Waals surface area contributed by atoms with Crippen molar-refractivity contribution in [1.82, 2.24) is 4.72 Å². The van der Waals surface area contributed by atoms with E-state index in [4.69, 9.17) is 14.9 Å². The van der Waals surface area contributed by atoms with Crippen LogP contribution in [0.3, 0.4) is 0 Å². The molecule has 118 valence electrons. The van der Waals surface area contributed by atoms with Crippen LogP contribution >= 0.6 is 0 Å². The van der Waals surface area contributed by atoms with Gasteiger partial charge in [0.15, 0.2) is 0 Å². The normalized spacial score (nSPS) is 12.2. The van der Waals surface area contributed by atoms with Crippen molar-refractivity contribution >= 4 is 16.0 Å². The van der Waals surface area contributed by atoms with Gasteiger partial charge in [0.2, 0.25) is 10.0 Å². The van der Waals surface area contributed by atoms with Crippen LogP contribution in [-0.2, 0) is 10.0 Å². The molecule has 0 aliphatic heterocycles. The monoisotopic (exact) mass is 317 g/mol. The van der Waals surface area contributed by atoms with Gasteiger partial charge in [-0.2, -0.15) is 0 Å². The smallest absolute Gasteiger partial charge is 0.339 e. The molecule has 0 radical (unpaired) electrons. The van der Waals surface area contributed by atoms with Crippen LogP contribution in [0.1, 0.15) is 30.6 Å². The quantitative estimate of drug-likeness (QED) is 0.686. The Morgan fingerprint density at radius 2 is 2.00 bits per heavy atom. The third-order valence-corrected chi connectivity index (χ3v) is 4.55. The zero-order valence-corrected chi connectivity index (χ0v) is 12.9. The van der Waals surface area contributed by atoms with E-state index in [1.807, 2.05) is 0 Å². The van der Waals surface area contributed by atoms with E-state index in [1.165, 1.54) is 19.2 Å². The number of sulfonamides is 1.